The van der Waals surface area contributed by atoms with E-state index in [1.54, 1.807) is 7.11 Å². The molecule has 0 heterocycles. The van der Waals surface area contributed by atoms with Crippen molar-refractivity contribution in [3.63, 3.8) is 0 Å². The van der Waals surface area contributed by atoms with E-state index in [1.807, 2.05) is 12.1 Å². The number of nitrogens with one attached hydrogen (secondary N) is 1. The third-order valence-electron chi connectivity index (χ3n) is 4.44. The van der Waals surface area contributed by atoms with Crippen LogP contribution in [0.15, 0.2) is 48.5 Å². The molecule has 0 saturated heterocycles. The van der Waals surface area contributed by atoms with E-state index < -0.39 is 0 Å². The predicted molar refractivity (Wildman–Crippen MR) is 86.8 cm³/mol. The highest BCUT2D eigenvalue weighted by molar-refractivity contribution is 5.36. The highest BCUT2D eigenvalue weighted by Gasteiger charge is 2.21. The molecule has 2 nitrogen and oxygen atoms in total. The second-order valence-corrected chi connectivity index (χ2v) is 5.84. The molecule has 0 spiro atoms. The zero-order valence-corrected chi connectivity index (χ0v) is 12.8. The fourth-order valence-electron chi connectivity index (χ4n) is 3.31. The molecule has 2 aromatic rings. The van der Waals surface area contributed by atoms with Crippen molar-refractivity contribution in [1.29, 1.82) is 0 Å². The van der Waals surface area contributed by atoms with Gasteiger partial charge in [-0.2, -0.15) is 0 Å². The van der Waals surface area contributed by atoms with Crippen LogP contribution in [0.2, 0.25) is 0 Å². The lowest BCUT2D eigenvalue weighted by Crippen LogP contribution is -2.36. The number of aryl methyl sites for hydroxylation is 1. The van der Waals surface area contributed by atoms with Crippen molar-refractivity contribution < 1.29 is 4.74 Å². The zero-order chi connectivity index (χ0) is 14.7. The third-order valence-corrected chi connectivity index (χ3v) is 4.44. The van der Waals surface area contributed by atoms with E-state index in [0.717, 1.165) is 12.2 Å². The Balaban J connectivity index is 1.70. The van der Waals surface area contributed by atoms with Gasteiger partial charge in [0.25, 0.3) is 0 Å². The van der Waals surface area contributed by atoms with Gasteiger partial charge < -0.3 is 10.1 Å². The highest BCUT2D eigenvalue weighted by atomic mass is 16.5. The minimum atomic E-state index is 0.302. The van der Waals surface area contributed by atoms with Crippen LogP contribution in [-0.4, -0.2) is 13.2 Å². The molecule has 110 valence electrons. The molecule has 0 amide bonds. The molecule has 2 aromatic carbocycles. The smallest absolute Gasteiger partial charge is 0.123 e. The van der Waals surface area contributed by atoms with Gasteiger partial charge in [0.2, 0.25) is 0 Å². The zero-order valence-electron chi connectivity index (χ0n) is 12.8. The molecule has 0 aliphatic heterocycles. The van der Waals surface area contributed by atoms with Crippen molar-refractivity contribution in [2.24, 2.45) is 0 Å². The van der Waals surface area contributed by atoms with Crippen LogP contribution in [0.25, 0.3) is 0 Å². The van der Waals surface area contributed by atoms with Crippen molar-refractivity contribution in [3.8, 4) is 5.75 Å². The summed E-state index contributed by atoms with van der Waals surface area (Å²) in [4.78, 5) is 0. The van der Waals surface area contributed by atoms with Gasteiger partial charge in [0, 0.05) is 17.6 Å². The van der Waals surface area contributed by atoms with E-state index >= 15 is 0 Å². The van der Waals surface area contributed by atoms with E-state index in [-0.39, 0.29) is 0 Å². The highest BCUT2D eigenvalue weighted by Crippen LogP contribution is 2.27. The average molecular weight is 281 g/mol. The van der Waals surface area contributed by atoms with Crippen molar-refractivity contribution >= 4 is 0 Å². The molecule has 3 rings (SSSR count). The van der Waals surface area contributed by atoms with Gasteiger partial charge in [-0.25, -0.2) is 0 Å². The lowest BCUT2D eigenvalue weighted by atomic mass is 9.88. The normalized spacial score (nSPS) is 18.9. The number of ether oxygens (including phenoxy) is 1. The number of rotatable bonds is 4. The maximum Gasteiger partial charge on any atom is 0.123 e. The molecule has 1 aliphatic carbocycles. The summed E-state index contributed by atoms with van der Waals surface area (Å²) >= 11 is 0. The van der Waals surface area contributed by atoms with Gasteiger partial charge in [-0.3, -0.25) is 0 Å². The van der Waals surface area contributed by atoms with Gasteiger partial charge in [0.15, 0.2) is 0 Å². The minimum absolute atomic E-state index is 0.302. The topological polar surface area (TPSA) is 21.3 Å². The van der Waals surface area contributed by atoms with Crippen molar-refractivity contribution in [2.75, 3.05) is 7.11 Å². The van der Waals surface area contributed by atoms with Gasteiger partial charge in [-0.05, 0) is 43.4 Å². The Morgan fingerprint density at radius 1 is 1.05 bits per heavy atom. The second kappa shape index (κ2) is 6.31. The Kier molecular flexibility index (Phi) is 4.26. The van der Waals surface area contributed by atoms with E-state index in [0.29, 0.717) is 12.1 Å². The molecule has 0 radical (unpaired) electrons. The van der Waals surface area contributed by atoms with Crippen LogP contribution >= 0.6 is 0 Å². The summed E-state index contributed by atoms with van der Waals surface area (Å²) in [5.41, 5.74) is 4.24. The SMILES string of the molecule is COc1ccccc1[C@@H](C)NC1CCc2ccccc2C1. The monoisotopic (exact) mass is 281 g/mol. The van der Waals surface area contributed by atoms with Gasteiger partial charge in [-0.15, -0.1) is 0 Å². The van der Waals surface area contributed by atoms with Crippen LogP contribution in [0.3, 0.4) is 0 Å². The molecule has 21 heavy (non-hydrogen) atoms. The summed E-state index contributed by atoms with van der Waals surface area (Å²) in [6.45, 7) is 2.22. The van der Waals surface area contributed by atoms with E-state index in [9.17, 15) is 0 Å². The molecule has 2 atom stereocenters. The molecule has 1 N–H and O–H groups in total. The molecule has 0 bridgehead atoms. The maximum atomic E-state index is 5.47. The average Bonchev–Trinajstić information content (AvgIpc) is 2.54. The van der Waals surface area contributed by atoms with Crippen LogP contribution in [0.5, 0.6) is 5.75 Å². The molecule has 0 aromatic heterocycles. The number of benzene rings is 2. The van der Waals surface area contributed by atoms with E-state index in [1.165, 1.54) is 29.5 Å². The summed E-state index contributed by atoms with van der Waals surface area (Å²) in [6.07, 6.45) is 3.50. The summed E-state index contributed by atoms with van der Waals surface area (Å²) in [7, 11) is 1.74. The van der Waals surface area contributed by atoms with Crippen LogP contribution in [0.4, 0.5) is 0 Å². The quantitative estimate of drug-likeness (QED) is 0.917. The summed E-state index contributed by atoms with van der Waals surface area (Å²) in [5.74, 6) is 0.966. The standard InChI is InChI=1S/C19H23NO/c1-14(18-9-5-6-10-19(18)21-2)20-17-12-11-15-7-3-4-8-16(15)13-17/h3-10,14,17,20H,11-13H2,1-2H3/t14-,17?/m1/s1. The summed E-state index contributed by atoms with van der Waals surface area (Å²) < 4.78 is 5.47. The molecule has 1 aliphatic rings. The van der Waals surface area contributed by atoms with E-state index in [4.69, 9.17) is 4.74 Å². The van der Waals surface area contributed by atoms with Crippen LogP contribution < -0.4 is 10.1 Å². The Labute approximate surface area is 127 Å². The minimum Gasteiger partial charge on any atom is -0.496 e. The van der Waals surface area contributed by atoms with Gasteiger partial charge in [0.1, 0.15) is 5.75 Å². The summed E-state index contributed by atoms with van der Waals surface area (Å²) in [5, 5.41) is 3.77. The first kappa shape index (κ1) is 14.2. The van der Waals surface area contributed by atoms with Crippen LogP contribution in [0.1, 0.15) is 36.1 Å². The van der Waals surface area contributed by atoms with Crippen LogP contribution in [-0.2, 0) is 12.8 Å². The van der Waals surface area contributed by atoms with Crippen molar-refractivity contribution in [2.45, 2.75) is 38.3 Å². The Bertz CT molecular complexity index is 608. The summed E-state index contributed by atoms with van der Waals surface area (Å²) in [6, 6.07) is 17.9. The molecular formula is C19H23NO. The number of hydrogen-bond donors (Lipinski definition) is 1. The fourth-order valence-corrected chi connectivity index (χ4v) is 3.31. The van der Waals surface area contributed by atoms with Crippen LogP contribution in [0, 0.1) is 0 Å². The van der Waals surface area contributed by atoms with Crippen molar-refractivity contribution in [1.82, 2.24) is 5.32 Å². The van der Waals surface area contributed by atoms with E-state index in [2.05, 4.69) is 48.6 Å². The lowest BCUT2D eigenvalue weighted by molar-refractivity contribution is 0.381. The molecular weight excluding hydrogens is 258 g/mol. The Hall–Kier alpha value is -1.80. The Morgan fingerprint density at radius 3 is 2.57 bits per heavy atom. The van der Waals surface area contributed by atoms with Crippen molar-refractivity contribution in [3.05, 3.63) is 65.2 Å². The largest absolute Gasteiger partial charge is 0.496 e. The fraction of sp³-hybridized carbons (Fsp3) is 0.368. The number of methoxy groups -OCH3 is 1. The van der Waals surface area contributed by atoms with Gasteiger partial charge in [-0.1, -0.05) is 42.5 Å². The molecule has 0 fully saturated rings. The Morgan fingerprint density at radius 2 is 1.76 bits per heavy atom. The van der Waals surface area contributed by atoms with Gasteiger partial charge >= 0.3 is 0 Å². The first-order valence-electron chi connectivity index (χ1n) is 7.73. The first-order chi connectivity index (χ1) is 10.3. The molecule has 0 saturated carbocycles. The number of hydrogen-bond acceptors (Lipinski definition) is 2. The molecule has 1 unspecified atom stereocenters. The van der Waals surface area contributed by atoms with Gasteiger partial charge in [0.05, 0.1) is 7.11 Å². The second-order valence-electron chi connectivity index (χ2n) is 5.84. The maximum absolute atomic E-state index is 5.47. The lowest BCUT2D eigenvalue weighted by Gasteiger charge is -2.29. The first-order valence-corrected chi connectivity index (χ1v) is 7.73. The predicted octanol–water partition coefficient (Wildman–Crippen LogP) is 3.90. The number of fused-ring (bicyclic) bond motifs is 1. The molecule has 2 heteroatoms. The number of para-hydroxylation sites is 1. The third kappa shape index (κ3) is 3.11.